The molecule has 7 heteroatoms. The molecule has 0 aliphatic heterocycles. The Morgan fingerprint density at radius 1 is 1.30 bits per heavy atom. The van der Waals surface area contributed by atoms with Crippen molar-refractivity contribution in [2.24, 2.45) is 5.73 Å². The molecule has 0 aromatic heterocycles. The van der Waals surface area contributed by atoms with Crippen LogP contribution < -0.4 is 16.4 Å². The molecule has 0 radical (unpaired) electrons. The lowest BCUT2D eigenvalue weighted by Gasteiger charge is -2.15. The van der Waals surface area contributed by atoms with Gasteiger partial charge in [0.25, 0.3) is 0 Å². The van der Waals surface area contributed by atoms with Crippen LogP contribution in [0.15, 0.2) is 18.2 Å². The van der Waals surface area contributed by atoms with Crippen molar-refractivity contribution >= 4 is 35.6 Å². The Hall–Kier alpha value is -1.63. The zero-order chi connectivity index (χ0) is 14.4. The summed E-state index contributed by atoms with van der Waals surface area (Å²) in [6.07, 6.45) is 0. The molecule has 0 aliphatic rings. The molecule has 0 spiro atoms. The summed E-state index contributed by atoms with van der Waals surface area (Å²) in [7, 11) is 1.47. The highest BCUT2D eigenvalue weighted by Crippen LogP contribution is 2.23. The number of anilines is 2. The Morgan fingerprint density at radius 2 is 1.95 bits per heavy atom. The van der Waals surface area contributed by atoms with Crippen LogP contribution in [0.3, 0.4) is 0 Å². The van der Waals surface area contributed by atoms with E-state index in [0.29, 0.717) is 11.4 Å². The number of aryl methyl sites for hydroxylation is 1. The van der Waals surface area contributed by atoms with Gasteiger partial charge in [0.1, 0.15) is 6.04 Å². The second kappa shape index (κ2) is 8.52. The summed E-state index contributed by atoms with van der Waals surface area (Å²) in [6.45, 7) is 3.43. The van der Waals surface area contributed by atoms with Gasteiger partial charge in [-0.2, -0.15) is 0 Å². The molecule has 1 unspecified atom stereocenters. The Morgan fingerprint density at radius 3 is 2.50 bits per heavy atom. The fourth-order valence-corrected chi connectivity index (χ4v) is 1.54. The average molecular weight is 302 g/mol. The summed E-state index contributed by atoms with van der Waals surface area (Å²) in [5.74, 6) is -0.570. The van der Waals surface area contributed by atoms with Crippen LogP contribution in [-0.4, -0.2) is 31.6 Å². The molecule has 6 nitrogen and oxygen atoms in total. The van der Waals surface area contributed by atoms with Crippen molar-refractivity contribution in [2.45, 2.75) is 19.9 Å². The van der Waals surface area contributed by atoms with Crippen molar-refractivity contribution in [1.29, 1.82) is 0 Å². The number of nitrogens with two attached hydrogens (primary N) is 1. The van der Waals surface area contributed by atoms with Gasteiger partial charge in [-0.05, 0) is 24.6 Å². The number of hydrogen-bond donors (Lipinski definition) is 3. The van der Waals surface area contributed by atoms with Crippen molar-refractivity contribution in [3.05, 3.63) is 23.8 Å². The van der Waals surface area contributed by atoms with Gasteiger partial charge in [-0.3, -0.25) is 9.59 Å². The van der Waals surface area contributed by atoms with Gasteiger partial charge in [-0.25, -0.2) is 0 Å². The number of hydrogen-bond acceptors (Lipinski definition) is 4. The summed E-state index contributed by atoms with van der Waals surface area (Å²) in [5.41, 5.74) is 7.66. The molecular formula is C13H20ClN3O3. The number of benzene rings is 1. The summed E-state index contributed by atoms with van der Waals surface area (Å²) >= 11 is 0. The molecule has 0 bridgehead atoms. The maximum Gasteiger partial charge on any atom is 0.243 e. The molecule has 1 rings (SSSR count). The largest absolute Gasteiger partial charge is 0.383 e. The van der Waals surface area contributed by atoms with Crippen molar-refractivity contribution < 1.29 is 14.3 Å². The quantitative estimate of drug-likeness (QED) is 0.764. The maximum atomic E-state index is 11.8. The number of ether oxygens (including phenoxy) is 1. The van der Waals surface area contributed by atoms with E-state index in [-0.39, 0.29) is 30.8 Å². The minimum atomic E-state index is -0.754. The third-order valence-electron chi connectivity index (χ3n) is 2.43. The second-order valence-corrected chi connectivity index (χ2v) is 4.28. The van der Waals surface area contributed by atoms with Gasteiger partial charge in [0.2, 0.25) is 11.8 Å². The highest BCUT2D eigenvalue weighted by molar-refractivity contribution is 6.00. The Kier molecular flexibility index (Phi) is 7.83. The van der Waals surface area contributed by atoms with Crippen LogP contribution in [0.5, 0.6) is 0 Å². The lowest BCUT2D eigenvalue weighted by molar-refractivity contribution is -0.118. The van der Waals surface area contributed by atoms with Crippen molar-refractivity contribution in [3.63, 3.8) is 0 Å². The SMILES string of the molecule is COCC(N)C(=O)Nc1cc(C)ccc1NC(C)=O.Cl. The minimum absolute atomic E-state index is 0. The molecular weight excluding hydrogens is 282 g/mol. The zero-order valence-corrected chi connectivity index (χ0v) is 12.5. The van der Waals surface area contributed by atoms with Crippen LogP contribution in [0, 0.1) is 6.92 Å². The predicted octanol–water partition coefficient (Wildman–Crippen LogP) is 1.29. The van der Waals surface area contributed by atoms with Crippen molar-refractivity contribution in [3.8, 4) is 0 Å². The van der Waals surface area contributed by atoms with E-state index in [2.05, 4.69) is 10.6 Å². The first-order valence-corrected chi connectivity index (χ1v) is 5.87. The molecule has 0 aliphatic carbocycles. The normalized spacial score (nSPS) is 11.2. The third-order valence-corrected chi connectivity index (χ3v) is 2.43. The standard InChI is InChI=1S/C13H19N3O3.ClH/c1-8-4-5-11(15-9(2)17)12(6-8)16-13(18)10(14)7-19-3;/h4-6,10H,7,14H2,1-3H3,(H,15,17)(H,16,18);1H. The number of methoxy groups -OCH3 is 1. The second-order valence-electron chi connectivity index (χ2n) is 4.28. The number of carbonyl (C=O) groups is 2. The van der Waals surface area contributed by atoms with Crippen LogP contribution in [0.1, 0.15) is 12.5 Å². The molecule has 0 saturated heterocycles. The van der Waals surface area contributed by atoms with Gasteiger partial charge in [-0.15, -0.1) is 12.4 Å². The molecule has 0 fully saturated rings. The molecule has 112 valence electrons. The van der Waals surface area contributed by atoms with E-state index in [1.165, 1.54) is 14.0 Å². The summed E-state index contributed by atoms with van der Waals surface area (Å²) in [4.78, 5) is 22.9. The van der Waals surface area contributed by atoms with E-state index in [9.17, 15) is 9.59 Å². The Labute approximate surface area is 124 Å². The zero-order valence-electron chi connectivity index (χ0n) is 11.7. The highest BCUT2D eigenvalue weighted by atomic mass is 35.5. The fraction of sp³-hybridized carbons (Fsp3) is 0.385. The van der Waals surface area contributed by atoms with Crippen LogP contribution in [-0.2, 0) is 14.3 Å². The van der Waals surface area contributed by atoms with Crippen LogP contribution in [0.4, 0.5) is 11.4 Å². The molecule has 1 atom stereocenters. The number of halogens is 1. The van der Waals surface area contributed by atoms with E-state index in [1.807, 2.05) is 13.0 Å². The molecule has 0 heterocycles. The first kappa shape index (κ1) is 18.4. The van der Waals surface area contributed by atoms with Gasteiger partial charge in [0.15, 0.2) is 0 Å². The summed E-state index contributed by atoms with van der Waals surface area (Å²) in [6, 6.07) is 4.59. The summed E-state index contributed by atoms with van der Waals surface area (Å²) < 4.78 is 4.83. The van der Waals surface area contributed by atoms with Crippen LogP contribution in [0.25, 0.3) is 0 Å². The molecule has 20 heavy (non-hydrogen) atoms. The maximum absolute atomic E-state index is 11.8. The van der Waals surface area contributed by atoms with Gasteiger partial charge in [-0.1, -0.05) is 6.07 Å². The van der Waals surface area contributed by atoms with Gasteiger partial charge in [0, 0.05) is 14.0 Å². The third kappa shape index (κ3) is 5.56. The fourth-order valence-electron chi connectivity index (χ4n) is 1.54. The molecule has 1 aromatic rings. The van der Waals surface area contributed by atoms with E-state index in [0.717, 1.165) is 5.56 Å². The monoisotopic (exact) mass is 301 g/mol. The van der Waals surface area contributed by atoms with Crippen LogP contribution in [0.2, 0.25) is 0 Å². The van der Waals surface area contributed by atoms with Crippen molar-refractivity contribution in [2.75, 3.05) is 24.4 Å². The first-order valence-electron chi connectivity index (χ1n) is 5.87. The Bertz CT molecular complexity index is 480. The number of amides is 2. The number of rotatable bonds is 5. The molecule has 4 N–H and O–H groups in total. The number of carbonyl (C=O) groups excluding carboxylic acids is 2. The average Bonchev–Trinajstić information content (AvgIpc) is 2.32. The van der Waals surface area contributed by atoms with Gasteiger partial charge >= 0.3 is 0 Å². The smallest absolute Gasteiger partial charge is 0.243 e. The highest BCUT2D eigenvalue weighted by Gasteiger charge is 2.15. The molecule has 2 amide bonds. The van der Waals surface area contributed by atoms with E-state index < -0.39 is 6.04 Å². The van der Waals surface area contributed by atoms with E-state index in [4.69, 9.17) is 10.5 Å². The first-order chi connectivity index (χ1) is 8.93. The molecule has 1 aromatic carbocycles. The van der Waals surface area contributed by atoms with Gasteiger partial charge < -0.3 is 21.1 Å². The minimum Gasteiger partial charge on any atom is -0.383 e. The van der Waals surface area contributed by atoms with E-state index in [1.54, 1.807) is 12.1 Å². The summed E-state index contributed by atoms with van der Waals surface area (Å²) in [5, 5.41) is 5.33. The Balaban J connectivity index is 0.00000361. The van der Waals surface area contributed by atoms with Crippen molar-refractivity contribution in [1.82, 2.24) is 0 Å². The predicted molar refractivity (Wildman–Crippen MR) is 81.2 cm³/mol. The number of nitrogens with one attached hydrogen (secondary N) is 2. The lowest BCUT2D eigenvalue weighted by atomic mass is 10.1. The lowest BCUT2D eigenvalue weighted by Crippen LogP contribution is -2.39. The van der Waals surface area contributed by atoms with Gasteiger partial charge in [0.05, 0.1) is 18.0 Å². The van der Waals surface area contributed by atoms with Crippen LogP contribution >= 0.6 is 12.4 Å². The topological polar surface area (TPSA) is 93.4 Å². The van der Waals surface area contributed by atoms with E-state index >= 15 is 0 Å². The molecule has 0 saturated carbocycles.